The Balaban J connectivity index is 2.90. The smallest absolute Gasteiger partial charge is 0.322 e. The first-order valence-corrected chi connectivity index (χ1v) is 6.33. The maximum Gasteiger partial charge on any atom is 0.322 e. The molecule has 0 aliphatic heterocycles. The zero-order valence-corrected chi connectivity index (χ0v) is 11.9. The van der Waals surface area contributed by atoms with Crippen molar-refractivity contribution < 1.29 is 4.74 Å². The normalized spacial score (nSPS) is 11.2. The summed E-state index contributed by atoms with van der Waals surface area (Å²) in [5.41, 5.74) is -0.0510. The molecule has 1 aromatic rings. The van der Waals surface area contributed by atoms with Crippen LogP contribution in [-0.4, -0.2) is 34.1 Å². The van der Waals surface area contributed by atoms with Crippen molar-refractivity contribution in [1.82, 2.24) is 15.0 Å². The van der Waals surface area contributed by atoms with Gasteiger partial charge in [0.15, 0.2) is 0 Å². The topological polar surface area (TPSA) is 72.0 Å². The summed E-state index contributed by atoms with van der Waals surface area (Å²) in [5, 5.41) is 6.37. The van der Waals surface area contributed by atoms with Crippen LogP contribution in [0.2, 0.25) is 0 Å². The molecule has 0 bridgehead atoms. The molecule has 0 spiro atoms. The van der Waals surface area contributed by atoms with Crippen LogP contribution in [0.25, 0.3) is 0 Å². The molecule has 0 aliphatic rings. The molecule has 0 atom stereocenters. The Kier molecular flexibility index (Phi) is 5.12. The van der Waals surface area contributed by atoms with E-state index in [4.69, 9.17) is 4.74 Å². The zero-order valence-electron chi connectivity index (χ0n) is 11.9. The van der Waals surface area contributed by atoms with Crippen molar-refractivity contribution in [1.29, 1.82) is 0 Å². The lowest BCUT2D eigenvalue weighted by atomic mass is 9.99. The number of methoxy groups -OCH3 is 1. The molecule has 6 heteroatoms. The quantitative estimate of drug-likeness (QED) is 0.777. The average molecular weight is 253 g/mol. The summed E-state index contributed by atoms with van der Waals surface area (Å²) in [4.78, 5) is 12.6. The second-order valence-corrected chi connectivity index (χ2v) is 4.76. The SMILES string of the molecule is CCCC(C)(C)Nc1nc(NCC)nc(OC)n1. The standard InChI is InChI=1S/C12H23N5O/c1-6-8-12(3,4)17-10-14-9(13-7-2)15-11(16-10)18-5/h6-8H2,1-5H3,(H2,13,14,15,16,17). The zero-order chi connectivity index (χ0) is 13.6. The number of rotatable bonds is 7. The fraction of sp³-hybridized carbons (Fsp3) is 0.750. The molecular weight excluding hydrogens is 230 g/mol. The Morgan fingerprint density at radius 1 is 1.11 bits per heavy atom. The van der Waals surface area contributed by atoms with E-state index in [1.807, 2.05) is 6.92 Å². The summed E-state index contributed by atoms with van der Waals surface area (Å²) >= 11 is 0. The van der Waals surface area contributed by atoms with Gasteiger partial charge in [-0.2, -0.15) is 15.0 Å². The molecule has 0 aromatic carbocycles. The fourth-order valence-electron chi connectivity index (χ4n) is 1.73. The van der Waals surface area contributed by atoms with Gasteiger partial charge in [-0.05, 0) is 27.2 Å². The third-order valence-corrected chi connectivity index (χ3v) is 2.46. The van der Waals surface area contributed by atoms with E-state index in [2.05, 4.69) is 46.4 Å². The van der Waals surface area contributed by atoms with E-state index in [-0.39, 0.29) is 5.54 Å². The molecule has 0 saturated heterocycles. The first kappa shape index (κ1) is 14.5. The van der Waals surface area contributed by atoms with E-state index >= 15 is 0 Å². The van der Waals surface area contributed by atoms with Gasteiger partial charge in [0.05, 0.1) is 7.11 Å². The number of hydrogen-bond donors (Lipinski definition) is 2. The Morgan fingerprint density at radius 3 is 2.33 bits per heavy atom. The molecule has 18 heavy (non-hydrogen) atoms. The minimum Gasteiger partial charge on any atom is -0.467 e. The molecule has 1 heterocycles. The van der Waals surface area contributed by atoms with Crippen molar-refractivity contribution in [3.63, 3.8) is 0 Å². The van der Waals surface area contributed by atoms with Crippen LogP contribution in [0, 0.1) is 0 Å². The van der Waals surface area contributed by atoms with Crippen LogP contribution in [0.15, 0.2) is 0 Å². The van der Waals surface area contributed by atoms with Gasteiger partial charge in [-0.3, -0.25) is 0 Å². The second-order valence-electron chi connectivity index (χ2n) is 4.76. The highest BCUT2D eigenvalue weighted by Crippen LogP contribution is 2.19. The Morgan fingerprint density at radius 2 is 1.78 bits per heavy atom. The molecule has 102 valence electrons. The fourth-order valence-corrected chi connectivity index (χ4v) is 1.73. The highest BCUT2D eigenvalue weighted by molar-refractivity contribution is 5.37. The molecule has 2 N–H and O–H groups in total. The van der Waals surface area contributed by atoms with E-state index in [0.29, 0.717) is 17.9 Å². The monoisotopic (exact) mass is 253 g/mol. The van der Waals surface area contributed by atoms with Crippen LogP contribution in [0.4, 0.5) is 11.9 Å². The third kappa shape index (κ3) is 4.35. The van der Waals surface area contributed by atoms with Crippen LogP contribution in [0.5, 0.6) is 6.01 Å². The molecule has 1 aromatic heterocycles. The van der Waals surface area contributed by atoms with Gasteiger partial charge >= 0.3 is 6.01 Å². The van der Waals surface area contributed by atoms with Crippen LogP contribution >= 0.6 is 0 Å². The van der Waals surface area contributed by atoms with Gasteiger partial charge in [0, 0.05) is 12.1 Å². The molecular formula is C12H23N5O. The molecule has 0 radical (unpaired) electrons. The van der Waals surface area contributed by atoms with Crippen molar-refractivity contribution in [2.24, 2.45) is 0 Å². The summed E-state index contributed by atoms with van der Waals surface area (Å²) in [5.74, 6) is 1.07. The Bertz CT molecular complexity index is 381. The van der Waals surface area contributed by atoms with Crippen molar-refractivity contribution in [3.05, 3.63) is 0 Å². The van der Waals surface area contributed by atoms with Crippen LogP contribution < -0.4 is 15.4 Å². The molecule has 0 aliphatic carbocycles. The van der Waals surface area contributed by atoms with Crippen molar-refractivity contribution in [3.8, 4) is 6.01 Å². The summed E-state index contributed by atoms with van der Waals surface area (Å²) < 4.78 is 5.07. The predicted octanol–water partition coefficient (Wildman–Crippen LogP) is 2.30. The van der Waals surface area contributed by atoms with E-state index in [1.165, 1.54) is 0 Å². The van der Waals surface area contributed by atoms with Gasteiger partial charge in [-0.1, -0.05) is 13.3 Å². The average Bonchev–Trinajstić information content (AvgIpc) is 2.28. The van der Waals surface area contributed by atoms with Crippen molar-refractivity contribution in [2.75, 3.05) is 24.3 Å². The third-order valence-electron chi connectivity index (χ3n) is 2.46. The largest absolute Gasteiger partial charge is 0.467 e. The molecule has 0 unspecified atom stereocenters. The minimum atomic E-state index is -0.0510. The first-order chi connectivity index (χ1) is 8.50. The first-order valence-electron chi connectivity index (χ1n) is 6.33. The predicted molar refractivity (Wildman–Crippen MR) is 73.2 cm³/mol. The highest BCUT2D eigenvalue weighted by Gasteiger charge is 2.18. The summed E-state index contributed by atoms with van der Waals surface area (Å²) in [6.07, 6.45) is 2.14. The molecule has 0 amide bonds. The number of anilines is 2. The van der Waals surface area contributed by atoms with E-state index in [1.54, 1.807) is 7.11 Å². The molecule has 0 saturated carbocycles. The van der Waals surface area contributed by atoms with Crippen LogP contribution in [-0.2, 0) is 0 Å². The summed E-state index contributed by atoms with van der Waals surface area (Å²) in [6, 6.07) is 0.316. The van der Waals surface area contributed by atoms with E-state index in [0.717, 1.165) is 19.4 Å². The molecule has 1 rings (SSSR count). The number of ether oxygens (including phenoxy) is 1. The summed E-state index contributed by atoms with van der Waals surface area (Å²) in [6.45, 7) is 9.15. The van der Waals surface area contributed by atoms with Crippen molar-refractivity contribution >= 4 is 11.9 Å². The lowest BCUT2D eigenvalue weighted by Gasteiger charge is -2.25. The highest BCUT2D eigenvalue weighted by atomic mass is 16.5. The van der Waals surface area contributed by atoms with Gasteiger partial charge in [-0.25, -0.2) is 0 Å². The van der Waals surface area contributed by atoms with Gasteiger partial charge in [0.25, 0.3) is 0 Å². The van der Waals surface area contributed by atoms with Gasteiger partial charge < -0.3 is 15.4 Å². The lowest BCUT2D eigenvalue weighted by molar-refractivity contribution is 0.378. The van der Waals surface area contributed by atoms with Crippen LogP contribution in [0.3, 0.4) is 0 Å². The Labute approximate surface area is 109 Å². The van der Waals surface area contributed by atoms with Gasteiger partial charge in [0.2, 0.25) is 11.9 Å². The maximum absolute atomic E-state index is 5.07. The van der Waals surface area contributed by atoms with Gasteiger partial charge in [-0.15, -0.1) is 0 Å². The minimum absolute atomic E-state index is 0.0510. The van der Waals surface area contributed by atoms with Gasteiger partial charge in [0.1, 0.15) is 0 Å². The number of nitrogens with one attached hydrogen (secondary N) is 2. The number of aromatic nitrogens is 3. The van der Waals surface area contributed by atoms with E-state index < -0.39 is 0 Å². The lowest BCUT2D eigenvalue weighted by Crippen LogP contribution is -2.31. The van der Waals surface area contributed by atoms with E-state index in [9.17, 15) is 0 Å². The number of hydrogen-bond acceptors (Lipinski definition) is 6. The summed E-state index contributed by atoms with van der Waals surface area (Å²) in [7, 11) is 1.55. The second kappa shape index (κ2) is 6.37. The molecule has 0 fully saturated rings. The molecule has 6 nitrogen and oxygen atoms in total. The van der Waals surface area contributed by atoms with Crippen LogP contribution in [0.1, 0.15) is 40.5 Å². The maximum atomic E-state index is 5.07. The van der Waals surface area contributed by atoms with Crippen molar-refractivity contribution in [2.45, 2.75) is 46.1 Å². The Hall–Kier alpha value is -1.59. The number of nitrogens with zero attached hydrogens (tertiary/aromatic N) is 3.